The van der Waals surface area contributed by atoms with Crippen LogP contribution in [0.5, 0.6) is 11.5 Å². The number of hydrogen-bond donors (Lipinski definition) is 2. The van der Waals surface area contributed by atoms with Crippen molar-refractivity contribution in [3.05, 3.63) is 59.9 Å². The van der Waals surface area contributed by atoms with Crippen molar-refractivity contribution in [2.24, 2.45) is 0 Å². The zero-order valence-corrected chi connectivity index (χ0v) is 19.8. The predicted molar refractivity (Wildman–Crippen MR) is 130 cm³/mol. The average Bonchev–Trinajstić information content (AvgIpc) is 3.29. The number of fused-ring (bicyclic) bond motifs is 1. The fourth-order valence-electron chi connectivity index (χ4n) is 4.13. The van der Waals surface area contributed by atoms with E-state index in [2.05, 4.69) is 20.2 Å². The summed E-state index contributed by atoms with van der Waals surface area (Å²) < 4.78 is 13.1. The van der Waals surface area contributed by atoms with Crippen molar-refractivity contribution in [1.82, 2.24) is 14.9 Å². The van der Waals surface area contributed by atoms with Gasteiger partial charge in [-0.25, -0.2) is 4.98 Å². The third-order valence-corrected chi connectivity index (χ3v) is 5.95. The van der Waals surface area contributed by atoms with E-state index >= 15 is 0 Å². The van der Waals surface area contributed by atoms with Crippen LogP contribution in [0.15, 0.2) is 48.7 Å². The van der Waals surface area contributed by atoms with E-state index in [1.165, 1.54) is 12.1 Å². The number of nitrogens with one attached hydrogen (secondary N) is 2. The highest BCUT2D eigenvalue weighted by atomic mass is 16.5. The van der Waals surface area contributed by atoms with Crippen molar-refractivity contribution in [2.45, 2.75) is 45.7 Å². The lowest BCUT2D eigenvalue weighted by molar-refractivity contribution is -0.136. The Morgan fingerprint density at radius 3 is 2.62 bits per heavy atom. The first-order valence-corrected chi connectivity index (χ1v) is 11.6. The number of carbonyl (C=O) groups excluding carboxylic acids is 2. The van der Waals surface area contributed by atoms with Gasteiger partial charge in [-0.2, -0.15) is 0 Å². The molecule has 1 aliphatic rings. The number of imidazole rings is 1. The van der Waals surface area contributed by atoms with E-state index < -0.39 is 17.9 Å². The Kier molecular flexibility index (Phi) is 7.15. The summed E-state index contributed by atoms with van der Waals surface area (Å²) in [6.45, 7) is 5.20. The molecular weight excluding hydrogens is 432 g/mol. The topological polar surface area (TPSA) is 94.5 Å². The second-order valence-electron chi connectivity index (χ2n) is 8.25. The Hall–Kier alpha value is -3.81. The summed E-state index contributed by atoms with van der Waals surface area (Å²) in [4.78, 5) is 29.5. The number of ether oxygens (including phenoxy) is 2. The first kappa shape index (κ1) is 23.4. The van der Waals surface area contributed by atoms with Crippen molar-refractivity contribution >= 4 is 17.5 Å². The molecule has 2 heterocycles. The van der Waals surface area contributed by atoms with Gasteiger partial charge in [0.2, 0.25) is 0 Å². The first-order chi connectivity index (χ1) is 16.5. The molecule has 1 unspecified atom stereocenters. The van der Waals surface area contributed by atoms with Crippen molar-refractivity contribution in [3.8, 4) is 22.9 Å². The Bertz CT molecular complexity index is 1170. The van der Waals surface area contributed by atoms with Crippen LogP contribution in [0.4, 0.5) is 5.69 Å². The van der Waals surface area contributed by atoms with E-state index in [0.717, 1.165) is 36.3 Å². The van der Waals surface area contributed by atoms with Crippen molar-refractivity contribution in [1.29, 1.82) is 0 Å². The van der Waals surface area contributed by atoms with Crippen LogP contribution in [0.25, 0.3) is 11.4 Å². The van der Waals surface area contributed by atoms with Crippen molar-refractivity contribution < 1.29 is 19.1 Å². The minimum atomic E-state index is -0.726. The summed E-state index contributed by atoms with van der Waals surface area (Å²) in [7, 11) is 1.56. The second kappa shape index (κ2) is 10.4. The molecule has 2 N–H and O–H groups in total. The fraction of sp³-hybridized carbons (Fsp3) is 0.346. The van der Waals surface area contributed by atoms with Crippen LogP contribution in [-0.2, 0) is 22.6 Å². The van der Waals surface area contributed by atoms with Gasteiger partial charge in [-0.15, -0.1) is 0 Å². The maximum absolute atomic E-state index is 12.5. The van der Waals surface area contributed by atoms with Gasteiger partial charge in [-0.05, 0) is 75.1 Å². The number of amides is 2. The van der Waals surface area contributed by atoms with E-state index in [9.17, 15) is 9.59 Å². The summed E-state index contributed by atoms with van der Waals surface area (Å²) in [5.41, 5.74) is 3.58. The number of aromatic nitrogens is 2. The highest BCUT2D eigenvalue weighted by molar-refractivity contribution is 6.39. The number of aryl methyl sites for hydroxylation is 1. The van der Waals surface area contributed by atoms with E-state index in [1.54, 1.807) is 38.3 Å². The van der Waals surface area contributed by atoms with Crippen LogP contribution in [0.3, 0.4) is 0 Å². The molecule has 1 atom stereocenters. The van der Waals surface area contributed by atoms with E-state index in [0.29, 0.717) is 23.8 Å². The van der Waals surface area contributed by atoms with Gasteiger partial charge in [0.25, 0.3) is 0 Å². The summed E-state index contributed by atoms with van der Waals surface area (Å²) in [5.74, 6) is 0.695. The number of hydrogen-bond acceptors (Lipinski definition) is 5. The summed E-state index contributed by atoms with van der Waals surface area (Å²) in [6.07, 6.45) is 5.35. The molecule has 178 valence electrons. The molecule has 2 amide bonds. The first-order valence-electron chi connectivity index (χ1n) is 11.6. The van der Waals surface area contributed by atoms with Gasteiger partial charge >= 0.3 is 11.8 Å². The van der Waals surface area contributed by atoms with Gasteiger partial charge in [0, 0.05) is 29.7 Å². The maximum atomic E-state index is 12.5. The largest absolute Gasteiger partial charge is 0.493 e. The van der Waals surface area contributed by atoms with E-state index in [-0.39, 0.29) is 0 Å². The molecule has 34 heavy (non-hydrogen) atoms. The number of rotatable bonds is 7. The molecule has 8 heteroatoms. The summed E-state index contributed by atoms with van der Waals surface area (Å²) in [5, 5.41) is 5.39. The van der Waals surface area contributed by atoms with Gasteiger partial charge in [0.15, 0.2) is 11.5 Å². The third-order valence-electron chi connectivity index (χ3n) is 5.95. The molecule has 0 aliphatic carbocycles. The molecule has 0 fully saturated rings. The highest BCUT2D eigenvalue weighted by Crippen LogP contribution is 2.30. The standard InChI is InChI=1S/C26H30N4O4/c1-4-34-22-13-10-19(15-23(22)33-3)17(2)28-25(31)26(32)29-20-11-8-18(9-12-20)24-27-16-21-7-5-6-14-30(21)24/h8-13,15-17H,4-7,14H2,1-3H3,(H,28,31)(H,29,32). The zero-order chi connectivity index (χ0) is 24.1. The lowest BCUT2D eigenvalue weighted by Crippen LogP contribution is -2.36. The van der Waals surface area contributed by atoms with Crippen molar-refractivity contribution in [3.63, 3.8) is 0 Å². The molecule has 0 spiro atoms. The monoisotopic (exact) mass is 462 g/mol. The van der Waals surface area contributed by atoms with Crippen LogP contribution in [0.2, 0.25) is 0 Å². The van der Waals surface area contributed by atoms with Crippen LogP contribution in [-0.4, -0.2) is 35.1 Å². The maximum Gasteiger partial charge on any atom is 0.313 e. The third kappa shape index (κ3) is 5.06. The van der Waals surface area contributed by atoms with E-state index in [4.69, 9.17) is 9.47 Å². The lowest BCUT2D eigenvalue weighted by atomic mass is 10.1. The molecule has 0 saturated heterocycles. The fourth-order valence-corrected chi connectivity index (χ4v) is 4.13. The molecule has 4 rings (SSSR count). The molecule has 1 aromatic heterocycles. The second-order valence-corrected chi connectivity index (χ2v) is 8.25. The number of anilines is 1. The van der Waals surface area contributed by atoms with E-state index in [1.807, 2.05) is 31.3 Å². The molecule has 0 radical (unpaired) electrons. The number of methoxy groups -OCH3 is 1. The van der Waals surface area contributed by atoms with Crippen molar-refractivity contribution in [2.75, 3.05) is 19.0 Å². The SMILES string of the molecule is CCOc1ccc(C(C)NC(=O)C(=O)Nc2ccc(-c3ncc4n3CCCC4)cc2)cc1OC. The van der Waals surface area contributed by atoms with Crippen LogP contribution in [0, 0.1) is 0 Å². The normalized spacial score (nSPS) is 13.5. The molecule has 0 saturated carbocycles. The quantitative estimate of drug-likeness (QED) is 0.516. The van der Waals surface area contributed by atoms with Crippen LogP contribution >= 0.6 is 0 Å². The predicted octanol–water partition coefficient (Wildman–Crippen LogP) is 4.11. The number of nitrogens with zero attached hydrogens (tertiary/aromatic N) is 2. The van der Waals surface area contributed by atoms with Crippen LogP contribution < -0.4 is 20.1 Å². The van der Waals surface area contributed by atoms with Gasteiger partial charge < -0.3 is 24.7 Å². The summed E-state index contributed by atoms with van der Waals surface area (Å²) >= 11 is 0. The minimum absolute atomic E-state index is 0.392. The number of carbonyl (C=O) groups is 2. The Morgan fingerprint density at radius 1 is 1.09 bits per heavy atom. The molecule has 2 aromatic carbocycles. The molecule has 0 bridgehead atoms. The lowest BCUT2D eigenvalue weighted by Gasteiger charge is -2.17. The van der Waals surface area contributed by atoms with Gasteiger partial charge in [0.05, 0.1) is 19.8 Å². The Balaban J connectivity index is 1.37. The molecule has 1 aliphatic heterocycles. The minimum Gasteiger partial charge on any atom is -0.493 e. The molecule has 8 nitrogen and oxygen atoms in total. The Labute approximate surface area is 199 Å². The van der Waals surface area contributed by atoms with Crippen LogP contribution in [0.1, 0.15) is 44.0 Å². The zero-order valence-electron chi connectivity index (χ0n) is 19.8. The van der Waals surface area contributed by atoms with Gasteiger partial charge in [-0.3, -0.25) is 9.59 Å². The smallest absolute Gasteiger partial charge is 0.313 e. The van der Waals surface area contributed by atoms with Gasteiger partial charge in [0.1, 0.15) is 5.82 Å². The van der Waals surface area contributed by atoms with Gasteiger partial charge in [-0.1, -0.05) is 6.07 Å². The Morgan fingerprint density at radius 2 is 1.88 bits per heavy atom. The highest BCUT2D eigenvalue weighted by Gasteiger charge is 2.19. The summed E-state index contributed by atoms with van der Waals surface area (Å²) in [6, 6.07) is 12.4. The molecular formula is C26H30N4O4. The average molecular weight is 463 g/mol. The number of benzene rings is 2. The molecule has 3 aromatic rings.